The third-order valence-corrected chi connectivity index (χ3v) is 4.50. The Morgan fingerprint density at radius 1 is 0.630 bits per heavy atom. The molecule has 0 radical (unpaired) electrons. The van der Waals surface area contributed by atoms with Crippen molar-refractivity contribution in [2.45, 2.75) is 27.7 Å². The van der Waals surface area contributed by atoms with Crippen LogP contribution in [0.25, 0.3) is 32.7 Å². The first-order valence-corrected chi connectivity index (χ1v) is 9.57. The summed E-state index contributed by atoms with van der Waals surface area (Å²) in [5.41, 5.74) is 3.70. The molecule has 1 heteroatoms. The quantitative estimate of drug-likeness (QED) is 0.358. The molecule has 0 aromatic heterocycles. The largest absolute Gasteiger partial charge is 0.496 e. The Labute approximate surface area is 162 Å². The SMILES string of the molecule is CC(C)C.COc1ccc2ccccc2c1-c1c(C)ccc2ccccc12. The van der Waals surface area contributed by atoms with Gasteiger partial charge in [0.2, 0.25) is 0 Å². The molecule has 0 unspecified atom stereocenters. The highest BCUT2D eigenvalue weighted by atomic mass is 16.5. The summed E-state index contributed by atoms with van der Waals surface area (Å²) in [7, 11) is 1.74. The van der Waals surface area contributed by atoms with Gasteiger partial charge in [0.15, 0.2) is 0 Å². The molecule has 0 heterocycles. The number of benzene rings is 4. The van der Waals surface area contributed by atoms with E-state index in [2.05, 4.69) is 100 Å². The molecule has 0 N–H and O–H groups in total. The number of hydrogen-bond donors (Lipinski definition) is 0. The fourth-order valence-electron chi connectivity index (χ4n) is 3.39. The number of ether oxygens (including phenoxy) is 1. The van der Waals surface area contributed by atoms with E-state index in [-0.39, 0.29) is 0 Å². The molecule has 0 saturated carbocycles. The van der Waals surface area contributed by atoms with Gasteiger partial charge in [-0.1, -0.05) is 87.5 Å². The zero-order valence-corrected chi connectivity index (χ0v) is 16.9. The van der Waals surface area contributed by atoms with Crippen LogP contribution < -0.4 is 4.74 Å². The van der Waals surface area contributed by atoms with Crippen molar-refractivity contribution >= 4 is 21.5 Å². The zero-order chi connectivity index (χ0) is 19.4. The second kappa shape index (κ2) is 8.26. The van der Waals surface area contributed by atoms with E-state index in [1.54, 1.807) is 7.11 Å². The number of aryl methyl sites for hydroxylation is 1. The molecular formula is C26H28O. The summed E-state index contributed by atoms with van der Waals surface area (Å²) < 4.78 is 5.71. The van der Waals surface area contributed by atoms with Gasteiger partial charge in [0.1, 0.15) is 5.75 Å². The van der Waals surface area contributed by atoms with E-state index in [0.717, 1.165) is 11.7 Å². The number of fused-ring (bicyclic) bond motifs is 2. The molecule has 0 aliphatic carbocycles. The topological polar surface area (TPSA) is 9.23 Å². The molecule has 0 aliphatic rings. The summed E-state index contributed by atoms with van der Waals surface area (Å²) in [6.45, 7) is 8.67. The highest BCUT2D eigenvalue weighted by Gasteiger charge is 2.15. The van der Waals surface area contributed by atoms with Gasteiger partial charge in [0, 0.05) is 5.56 Å². The Hall–Kier alpha value is -2.80. The molecule has 4 aromatic rings. The summed E-state index contributed by atoms with van der Waals surface area (Å²) in [6.07, 6.45) is 0. The van der Waals surface area contributed by atoms with Gasteiger partial charge in [-0.25, -0.2) is 0 Å². The van der Waals surface area contributed by atoms with Crippen LogP contribution in [0.2, 0.25) is 0 Å². The van der Waals surface area contributed by atoms with Crippen LogP contribution in [-0.4, -0.2) is 7.11 Å². The van der Waals surface area contributed by atoms with E-state index in [0.29, 0.717) is 0 Å². The second-order valence-electron chi connectivity index (χ2n) is 7.57. The lowest BCUT2D eigenvalue weighted by molar-refractivity contribution is 0.417. The average molecular weight is 357 g/mol. The molecule has 0 saturated heterocycles. The number of rotatable bonds is 2. The minimum Gasteiger partial charge on any atom is -0.496 e. The minimum absolute atomic E-state index is 0.833. The van der Waals surface area contributed by atoms with Crippen molar-refractivity contribution in [1.82, 2.24) is 0 Å². The lowest BCUT2D eigenvalue weighted by Gasteiger charge is -2.17. The van der Waals surface area contributed by atoms with Crippen molar-refractivity contribution in [3.63, 3.8) is 0 Å². The Balaban J connectivity index is 0.000000481. The first kappa shape index (κ1) is 19.0. The molecule has 0 atom stereocenters. The van der Waals surface area contributed by atoms with Crippen molar-refractivity contribution in [2.75, 3.05) is 7.11 Å². The van der Waals surface area contributed by atoms with Crippen LogP contribution in [0.1, 0.15) is 26.3 Å². The molecule has 1 nitrogen and oxygen atoms in total. The van der Waals surface area contributed by atoms with E-state index < -0.39 is 0 Å². The number of hydrogen-bond acceptors (Lipinski definition) is 1. The van der Waals surface area contributed by atoms with Crippen molar-refractivity contribution in [2.24, 2.45) is 5.92 Å². The van der Waals surface area contributed by atoms with Crippen molar-refractivity contribution in [3.8, 4) is 16.9 Å². The molecule has 0 fully saturated rings. The van der Waals surface area contributed by atoms with Crippen LogP contribution >= 0.6 is 0 Å². The maximum atomic E-state index is 5.71. The third-order valence-electron chi connectivity index (χ3n) is 4.50. The normalized spacial score (nSPS) is 10.7. The van der Waals surface area contributed by atoms with Gasteiger partial charge in [-0.2, -0.15) is 0 Å². The van der Waals surface area contributed by atoms with Gasteiger partial charge >= 0.3 is 0 Å². The maximum absolute atomic E-state index is 5.71. The fourth-order valence-corrected chi connectivity index (χ4v) is 3.39. The third kappa shape index (κ3) is 3.98. The van der Waals surface area contributed by atoms with Gasteiger partial charge in [-0.3, -0.25) is 0 Å². The Morgan fingerprint density at radius 2 is 1.11 bits per heavy atom. The van der Waals surface area contributed by atoms with Crippen LogP contribution in [0.3, 0.4) is 0 Å². The van der Waals surface area contributed by atoms with Crippen LogP contribution in [0, 0.1) is 12.8 Å². The van der Waals surface area contributed by atoms with Crippen molar-refractivity contribution < 1.29 is 4.74 Å². The maximum Gasteiger partial charge on any atom is 0.127 e. The van der Waals surface area contributed by atoms with E-state index in [9.17, 15) is 0 Å². The van der Waals surface area contributed by atoms with Gasteiger partial charge in [-0.15, -0.1) is 0 Å². The molecular weight excluding hydrogens is 328 g/mol. The van der Waals surface area contributed by atoms with Gasteiger partial charge in [0.25, 0.3) is 0 Å². The van der Waals surface area contributed by atoms with E-state index >= 15 is 0 Å². The van der Waals surface area contributed by atoms with E-state index in [1.165, 1.54) is 38.2 Å². The minimum atomic E-state index is 0.833. The zero-order valence-electron chi connectivity index (χ0n) is 16.9. The summed E-state index contributed by atoms with van der Waals surface area (Å²) in [6, 6.07) is 25.6. The lowest BCUT2D eigenvalue weighted by atomic mass is 9.90. The number of methoxy groups -OCH3 is 1. The average Bonchev–Trinajstić information content (AvgIpc) is 2.67. The Bertz CT molecular complexity index is 1060. The molecule has 0 bridgehead atoms. The molecule has 27 heavy (non-hydrogen) atoms. The smallest absolute Gasteiger partial charge is 0.127 e. The molecule has 4 aromatic carbocycles. The van der Waals surface area contributed by atoms with Gasteiger partial charge in [-0.05, 0) is 51.6 Å². The Kier molecular flexibility index (Phi) is 5.81. The first-order chi connectivity index (χ1) is 13.0. The molecule has 0 spiro atoms. The van der Waals surface area contributed by atoms with Crippen molar-refractivity contribution in [1.29, 1.82) is 0 Å². The first-order valence-electron chi connectivity index (χ1n) is 9.57. The standard InChI is InChI=1S/C22H18O.C4H10/c1-15-11-12-16-7-3-5-9-18(16)21(15)22-19-10-6-4-8-17(19)13-14-20(22)23-2;1-4(2)3/h3-14H,1-2H3;4H,1-3H3. The predicted molar refractivity (Wildman–Crippen MR) is 119 cm³/mol. The molecule has 4 rings (SSSR count). The highest BCUT2D eigenvalue weighted by Crippen LogP contribution is 2.42. The van der Waals surface area contributed by atoms with Crippen LogP contribution in [-0.2, 0) is 0 Å². The highest BCUT2D eigenvalue weighted by molar-refractivity contribution is 6.08. The predicted octanol–water partition coefficient (Wildman–Crippen LogP) is 7.64. The van der Waals surface area contributed by atoms with E-state index in [4.69, 9.17) is 4.74 Å². The van der Waals surface area contributed by atoms with E-state index in [1.807, 2.05) is 0 Å². The van der Waals surface area contributed by atoms with Crippen LogP contribution in [0.4, 0.5) is 0 Å². The monoisotopic (exact) mass is 356 g/mol. The summed E-state index contributed by atoms with van der Waals surface area (Å²) >= 11 is 0. The molecule has 0 amide bonds. The van der Waals surface area contributed by atoms with Crippen molar-refractivity contribution in [3.05, 3.63) is 78.4 Å². The molecule has 0 aliphatic heterocycles. The fraction of sp³-hybridized carbons (Fsp3) is 0.231. The lowest BCUT2D eigenvalue weighted by Crippen LogP contribution is -1.93. The summed E-state index contributed by atoms with van der Waals surface area (Å²) in [5.74, 6) is 1.75. The van der Waals surface area contributed by atoms with Crippen LogP contribution in [0.5, 0.6) is 5.75 Å². The second-order valence-corrected chi connectivity index (χ2v) is 7.57. The summed E-state index contributed by atoms with van der Waals surface area (Å²) in [4.78, 5) is 0. The molecule has 138 valence electrons. The van der Waals surface area contributed by atoms with Gasteiger partial charge < -0.3 is 4.74 Å². The summed E-state index contributed by atoms with van der Waals surface area (Å²) in [5, 5.41) is 4.98. The van der Waals surface area contributed by atoms with Gasteiger partial charge in [0.05, 0.1) is 7.11 Å². The van der Waals surface area contributed by atoms with Crippen LogP contribution in [0.15, 0.2) is 72.8 Å². The Morgan fingerprint density at radius 3 is 1.67 bits per heavy atom.